The number of nitrogens with one attached hydrogen (secondary N) is 2. The fourth-order valence-electron chi connectivity index (χ4n) is 3.63. The van der Waals surface area contributed by atoms with Crippen LogP contribution in [0.5, 0.6) is 0 Å². The molecule has 3 aromatic rings. The minimum absolute atomic E-state index is 0.0878. The number of amides is 3. The Hall–Kier alpha value is -3.46. The van der Waals surface area contributed by atoms with Gasteiger partial charge in [-0.05, 0) is 36.6 Å². The average molecular weight is 422 g/mol. The van der Waals surface area contributed by atoms with Gasteiger partial charge in [-0.15, -0.1) is 11.3 Å². The van der Waals surface area contributed by atoms with Crippen LogP contribution in [0.1, 0.15) is 34.8 Å². The molecule has 2 N–H and O–H groups in total. The van der Waals surface area contributed by atoms with E-state index in [2.05, 4.69) is 15.6 Å². The summed E-state index contributed by atoms with van der Waals surface area (Å²) in [4.78, 5) is 43.9. The summed E-state index contributed by atoms with van der Waals surface area (Å²) in [6.45, 7) is -0.208. The number of fused-ring (bicyclic) bond motifs is 1. The lowest BCUT2D eigenvalue weighted by atomic mass is 10.0. The molecule has 1 saturated carbocycles. The van der Waals surface area contributed by atoms with Gasteiger partial charge in [-0.3, -0.25) is 14.4 Å². The molecule has 0 saturated heterocycles. The van der Waals surface area contributed by atoms with E-state index in [1.54, 1.807) is 46.9 Å². The Morgan fingerprint density at radius 2 is 2.03 bits per heavy atom. The van der Waals surface area contributed by atoms with Crippen LogP contribution < -0.4 is 10.6 Å². The first-order valence-corrected chi connectivity index (χ1v) is 10.5. The lowest BCUT2D eigenvalue weighted by Crippen LogP contribution is -2.42. The standard InChI is InChI=1S/C21H18N4O4S/c26-17(24-21-23-15(11-30-21)16-6-3-9-29-16)10-22-19(27)18-13-4-1-2-5-14(13)20(28)25(18)12-7-8-12/h1-6,9,11-12,18H,7-8,10H2,(H,22,27)(H,23,24,26). The molecule has 1 fully saturated rings. The summed E-state index contributed by atoms with van der Waals surface area (Å²) < 4.78 is 5.29. The quantitative estimate of drug-likeness (QED) is 0.636. The first kappa shape index (κ1) is 18.6. The van der Waals surface area contributed by atoms with Crippen molar-refractivity contribution in [2.75, 3.05) is 11.9 Å². The SMILES string of the molecule is O=C(CNC(=O)C1c2ccccc2C(=O)N1C1CC1)Nc1nc(-c2ccco2)cs1. The fraction of sp³-hybridized carbons (Fsp3) is 0.238. The van der Waals surface area contributed by atoms with Gasteiger partial charge < -0.3 is 20.0 Å². The van der Waals surface area contributed by atoms with Gasteiger partial charge in [0.25, 0.3) is 5.91 Å². The molecule has 1 unspecified atom stereocenters. The second-order valence-electron chi connectivity index (χ2n) is 7.21. The van der Waals surface area contributed by atoms with Crippen LogP contribution in [-0.4, -0.2) is 40.2 Å². The molecular weight excluding hydrogens is 404 g/mol. The van der Waals surface area contributed by atoms with Crippen molar-refractivity contribution in [1.29, 1.82) is 0 Å². The second-order valence-corrected chi connectivity index (χ2v) is 8.07. The number of hydrogen-bond donors (Lipinski definition) is 2. The van der Waals surface area contributed by atoms with E-state index in [9.17, 15) is 14.4 Å². The maximum Gasteiger partial charge on any atom is 0.255 e. The summed E-state index contributed by atoms with van der Waals surface area (Å²) in [6.07, 6.45) is 3.34. The predicted octanol–water partition coefficient (Wildman–Crippen LogP) is 2.82. The van der Waals surface area contributed by atoms with Gasteiger partial charge in [-0.25, -0.2) is 4.98 Å². The van der Waals surface area contributed by atoms with Crippen LogP contribution in [0, 0.1) is 0 Å². The van der Waals surface area contributed by atoms with E-state index in [1.165, 1.54) is 11.3 Å². The number of aromatic nitrogens is 1. The van der Waals surface area contributed by atoms with Crippen molar-refractivity contribution in [2.45, 2.75) is 24.9 Å². The summed E-state index contributed by atoms with van der Waals surface area (Å²) in [5.74, 6) is -0.249. The molecule has 2 aromatic heterocycles. The van der Waals surface area contributed by atoms with Crippen molar-refractivity contribution in [3.63, 3.8) is 0 Å². The van der Waals surface area contributed by atoms with Crippen LogP contribution in [0.3, 0.4) is 0 Å². The zero-order valence-electron chi connectivity index (χ0n) is 15.8. The number of carbonyl (C=O) groups excluding carboxylic acids is 3. The summed E-state index contributed by atoms with van der Waals surface area (Å²) >= 11 is 1.27. The number of thiazole rings is 1. The van der Waals surface area contributed by atoms with Crippen LogP contribution in [0.15, 0.2) is 52.5 Å². The van der Waals surface area contributed by atoms with Crippen LogP contribution in [0.25, 0.3) is 11.5 Å². The minimum atomic E-state index is -0.695. The van der Waals surface area contributed by atoms with Gasteiger partial charge in [0.1, 0.15) is 11.7 Å². The average Bonchev–Trinajstić information content (AvgIpc) is 3.15. The van der Waals surface area contributed by atoms with Crippen LogP contribution in [0.4, 0.5) is 5.13 Å². The highest BCUT2D eigenvalue weighted by Gasteiger charge is 2.47. The first-order valence-electron chi connectivity index (χ1n) is 9.60. The Bertz CT molecular complexity index is 1120. The molecule has 3 heterocycles. The number of hydrogen-bond acceptors (Lipinski definition) is 6. The molecule has 8 nitrogen and oxygen atoms in total. The minimum Gasteiger partial charge on any atom is -0.463 e. The number of furan rings is 1. The third kappa shape index (κ3) is 3.37. The molecule has 3 amide bonds. The van der Waals surface area contributed by atoms with Crippen molar-refractivity contribution in [2.24, 2.45) is 0 Å². The summed E-state index contributed by atoms with van der Waals surface area (Å²) in [6, 6.07) is 10.1. The van der Waals surface area contributed by atoms with Crippen LogP contribution in [-0.2, 0) is 9.59 Å². The molecular formula is C21H18N4O4S. The molecule has 0 bridgehead atoms. The van der Waals surface area contributed by atoms with E-state index in [4.69, 9.17) is 4.42 Å². The molecule has 1 aromatic carbocycles. The monoisotopic (exact) mass is 422 g/mol. The summed E-state index contributed by atoms with van der Waals surface area (Å²) in [7, 11) is 0. The lowest BCUT2D eigenvalue weighted by Gasteiger charge is -2.24. The second kappa shape index (κ2) is 7.42. The normalized spacial score (nSPS) is 17.7. The highest BCUT2D eigenvalue weighted by molar-refractivity contribution is 7.14. The Morgan fingerprint density at radius 3 is 2.80 bits per heavy atom. The number of anilines is 1. The van der Waals surface area contributed by atoms with Crippen LogP contribution >= 0.6 is 11.3 Å². The number of carbonyl (C=O) groups is 3. The maximum atomic E-state index is 12.9. The van der Waals surface area contributed by atoms with Gasteiger partial charge in [0.05, 0.1) is 12.8 Å². The van der Waals surface area contributed by atoms with Gasteiger partial charge in [-0.1, -0.05) is 18.2 Å². The Labute approximate surface area is 175 Å². The molecule has 1 aliphatic carbocycles. The van der Waals surface area contributed by atoms with E-state index in [-0.39, 0.29) is 30.3 Å². The van der Waals surface area contributed by atoms with Crippen molar-refractivity contribution in [3.05, 3.63) is 59.2 Å². The zero-order valence-corrected chi connectivity index (χ0v) is 16.6. The molecule has 152 valence electrons. The Balaban J connectivity index is 1.23. The number of rotatable bonds is 6. The highest BCUT2D eigenvalue weighted by atomic mass is 32.1. The third-order valence-electron chi connectivity index (χ3n) is 5.13. The molecule has 0 radical (unpaired) electrons. The van der Waals surface area contributed by atoms with Crippen molar-refractivity contribution < 1.29 is 18.8 Å². The van der Waals surface area contributed by atoms with E-state index in [0.29, 0.717) is 27.7 Å². The van der Waals surface area contributed by atoms with Gasteiger partial charge >= 0.3 is 0 Å². The van der Waals surface area contributed by atoms with Gasteiger partial charge in [0.15, 0.2) is 10.9 Å². The topological polar surface area (TPSA) is 105 Å². The van der Waals surface area contributed by atoms with Crippen molar-refractivity contribution in [1.82, 2.24) is 15.2 Å². The molecule has 9 heteroatoms. The lowest BCUT2D eigenvalue weighted by molar-refractivity contribution is -0.127. The fourth-order valence-corrected chi connectivity index (χ4v) is 4.35. The van der Waals surface area contributed by atoms with E-state index < -0.39 is 6.04 Å². The van der Waals surface area contributed by atoms with Crippen molar-refractivity contribution in [3.8, 4) is 11.5 Å². The first-order chi connectivity index (χ1) is 14.6. The van der Waals surface area contributed by atoms with E-state index >= 15 is 0 Å². The Morgan fingerprint density at radius 1 is 1.20 bits per heavy atom. The number of nitrogens with zero attached hydrogens (tertiary/aromatic N) is 2. The van der Waals surface area contributed by atoms with Crippen molar-refractivity contribution >= 4 is 34.2 Å². The van der Waals surface area contributed by atoms with E-state index in [1.807, 2.05) is 6.07 Å². The molecule has 30 heavy (non-hydrogen) atoms. The smallest absolute Gasteiger partial charge is 0.255 e. The Kier molecular flexibility index (Phi) is 4.59. The predicted molar refractivity (Wildman–Crippen MR) is 110 cm³/mol. The summed E-state index contributed by atoms with van der Waals surface area (Å²) in [5.41, 5.74) is 1.88. The zero-order chi connectivity index (χ0) is 20.7. The molecule has 1 atom stereocenters. The van der Waals surface area contributed by atoms with Gasteiger partial charge in [0.2, 0.25) is 11.8 Å². The largest absolute Gasteiger partial charge is 0.463 e. The van der Waals surface area contributed by atoms with Crippen LogP contribution in [0.2, 0.25) is 0 Å². The van der Waals surface area contributed by atoms with Gasteiger partial charge in [0, 0.05) is 17.0 Å². The number of benzene rings is 1. The molecule has 5 rings (SSSR count). The molecule has 1 aliphatic heterocycles. The molecule has 0 spiro atoms. The van der Waals surface area contributed by atoms with Gasteiger partial charge in [-0.2, -0.15) is 0 Å². The third-order valence-corrected chi connectivity index (χ3v) is 5.89. The van der Waals surface area contributed by atoms with E-state index in [0.717, 1.165) is 12.8 Å². The summed E-state index contributed by atoms with van der Waals surface area (Å²) in [5, 5.41) is 7.54. The highest BCUT2D eigenvalue weighted by Crippen LogP contribution is 2.41. The maximum absolute atomic E-state index is 12.9. The molecule has 2 aliphatic rings.